The Morgan fingerprint density at radius 1 is 1.16 bits per heavy atom. The molecule has 2 amide bonds. The van der Waals surface area contributed by atoms with Gasteiger partial charge in [0.2, 0.25) is 6.04 Å². The van der Waals surface area contributed by atoms with Crippen molar-refractivity contribution in [2.75, 3.05) is 6.61 Å². The molecule has 126 valence electrons. The molecule has 1 aromatic heterocycles. The van der Waals surface area contributed by atoms with E-state index in [1.807, 2.05) is 18.9 Å². The van der Waals surface area contributed by atoms with Gasteiger partial charge in [0.25, 0.3) is 11.8 Å². The molecule has 1 saturated heterocycles. The van der Waals surface area contributed by atoms with Crippen LogP contribution in [0.4, 0.5) is 0 Å². The Bertz CT molecular complexity index is 840. The zero-order valence-corrected chi connectivity index (χ0v) is 13.7. The Labute approximate surface area is 145 Å². The van der Waals surface area contributed by atoms with Crippen molar-refractivity contribution in [3.05, 3.63) is 71.4 Å². The molecule has 2 heterocycles. The molecule has 3 rings (SSSR count). The van der Waals surface area contributed by atoms with Gasteiger partial charge in [0.05, 0.1) is 18.1 Å². The van der Waals surface area contributed by atoms with Crippen LogP contribution in [0.5, 0.6) is 5.75 Å². The third-order valence-corrected chi connectivity index (χ3v) is 4.11. The van der Waals surface area contributed by atoms with Crippen molar-refractivity contribution in [2.45, 2.75) is 18.9 Å². The maximum Gasteiger partial charge on any atom is 0.296 e. The average molecular weight is 335 g/mol. The van der Waals surface area contributed by atoms with Crippen LogP contribution >= 0.6 is 0 Å². The molecule has 0 unspecified atom stereocenters. The number of hydrogen-bond acceptors (Lipinski definition) is 3. The third-order valence-electron chi connectivity index (χ3n) is 4.11. The molecule has 0 spiro atoms. The van der Waals surface area contributed by atoms with Gasteiger partial charge < -0.3 is 10.1 Å². The average Bonchev–Trinajstić information content (AvgIpc) is 2.63. The smallest absolute Gasteiger partial charge is 0.296 e. The molecule has 1 N–H and O–H groups in total. The van der Waals surface area contributed by atoms with Gasteiger partial charge in [-0.2, -0.15) is 4.57 Å². The molecule has 6 nitrogen and oxygen atoms in total. The predicted octanol–water partition coefficient (Wildman–Crippen LogP) is 1.52. The minimum Gasteiger partial charge on any atom is -0.763 e. The third kappa shape index (κ3) is 3.20. The van der Waals surface area contributed by atoms with Crippen molar-refractivity contribution >= 4 is 17.7 Å². The number of ether oxygens (including phenoxy) is 1. The molecule has 1 fully saturated rings. The van der Waals surface area contributed by atoms with E-state index in [1.165, 1.54) is 0 Å². The summed E-state index contributed by atoms with van der Waals surface area (Å²) in [6.07, 6.45) is 3.49. The zero-order chi connectivity index (χ0) is 17.8. The van der Waals surface area contributed by atoms with Crippen LogP contribution in [0.1, 0.15) is 24.4 Å². The number of nitrogens with zero attached hydrogens (tertiary/aromatic N) is 2. The molecule has 2 aromatic rings. The lowest BCUT2D eigenvalue weighted by atomic mass is 9.81. The number of aromatic nitrogens is 1. The number of hydrogen-bond donors (Lipinski definition) is 1. The van der Waals surface area contributed by atoms with Crippen LogP contribution in [0.3, 0.4) is 0 Å². The van der Waals surface area contributed by atoms with E-state index >= 15 is 0 Å². The highest BCUT2D eigenvalue weighted by Crippen LogP contribution is 2.35. The number of carbonyl (C=O) groups excluding carboxylic acids is 2. The summed E-state index contributed by atoms with van der Waals surface area (Å²) in [6.45, 7) is 2.43. The maximum absolute atomic E-state index is 12.5. The first-order valence-electron chi connectivity index (χ1n) is 7.96. The van der Waals surface area contributed by atoms with Gasteiger partial charge in [-0.25, -0.2) is 0 Å². The predicted molar refractivity (Wildman–Crippen MR) is 91.1 cm³/mol. The summed E-state index contributed by atoms with van der Waals surface area (Å²) in [7, 11) is 0. The Morgan fingerprint density at radius 3 is 2.44 bits per heavy atom. The second-order valence-corrected chi connectivity index (χ2v) is 5.59. The monoisotopic (exact) mass is 335 g/mol. The first-order valence-corrected chi connectivity index (χ1v) is 7.96. The van der Waals surface area contributed by atoms with E-state index < -0.39 is 23.8 Å². The molecule has 0 aliphatic carbocycles. The summed E-state index contributed by atoms with van der Waals surface area (Å²) in [6, 6.07) is 11.8. The van der Waals surface area contributed by atoms with Crippen molar-refractivity contribution in [3.8, 4) is 5.75 Å². The Morgan fingerprint density at radius 2 is 1.84 bits per heavy atom. The van der Waals surface area contributed by atoms with Crippen LogP contribution in [0, 0.1) is 0 Å². The van der Waals surface area contributed by atoms with Gasteiger partial charge in [0.15, 0.2) is 12.4 Å². The quantitative estimate of drug-likeness (QED) is 0.398. The Kier molecular flexibility index (Phi) is 4.73. The number of carbonyl (C=O) groups is 2. The van der Waals surface area contributed by atoms with Gasteiger partial charge in [-0.3, -0.25) is 20.8 Å². The fraction of sp³-hybridized carbons (Fsp3) is 0.211. The standard InChI is InChI=1S/C19H17N3O3/c1-2-25-14-8-6-13(7-9-14)16-15(12-20)18(23)21-19(24)17(16)22-10-4-3-5-11-22/h3-11,16-17H,2H2,1H3,(H,21,23,24)/t16-,17+/m0/s1. The van der Waals surface area contributed by atoms with Crippen LogP contribution < -0.4 is 14.6 Å². The molecular weight excluding hydrogens is 318 g/mol. The number of piperidine rings is 1. The number of benzene rings is 1. The molecule has 2 atom stereocenters. The highest BCUT2D eigenvalue weighted by atomic mass is 16.5. The number of pyridine rings is 1. The maximum atomic E-state index is 12.5. The van der Waals surface area contributed by atoms with Gasteiger partial charge in [-0.05, 0) is 24.6 Å². The second kappa shape index (κ2) is 7.11. The molecule has 1 aromatic carbocycles. The summed E-state index contributed by atoms with van der Waals surface area (Å²) in [4.78, 5) is 24.7. The lowest BCUT2D eigenvalue weighted by Crippen LogP contribution is -2.57. The molecule has 0 radical (unpaired) electrons. The van der Waals surface area contributed by atoms with Crippen LogP contribution in [-0.4, -0.2) is 24.3 Å². The summed E-state index contributed by atoms with van der Waals surface area (Å²) >= 11 is 0. The topological polar surface area (TPSA) is 81.6 Å². The van der Waals surface area contributed by atoms with Crippen molar-refractivity contribution in [3.63, 3.8) is 0 Å². The number of imide groups is 1. The van der Waals surface area contributed by atoms with Crippen molar-refractivity contribution in [1.82, 2.24) is 5.32 Å². The fourth-order valence-electron chi connectivity index (χ4n) is 3.02. The summed E-state index contributed by atoms with van der Waals surface area (Å²) in [5, 5.41) is 11.8. The zero-order valence-electron chi connectivity index (χ0n) is 13.7. The van der Waals surface area contributed by atoms with Crippen LogP contribution in [-0.2, 0) is 9.59 Å². The fourth-order valence-corrected chi connectivity index (χ4v) is 3.02. The summed E-state index contributed by atoms with van der Waals surface area (Å²) in [5.74, 6) is 0.936. The molecule has 25 heavy (non-hydrogen) atoms. The van der Waals surface area contributed by atoms with Crippen molar-refractivity contribution in [1.29, 1.82) is 0 Å². The van der Waals surface area contributed by atoms with Crippen LogP contribution in [0.2, 0.25) is 0 Å². The Balaban J connectivity index is 2.09. The molecular formula is C19H17N3O3. The molecule has 1 aliphatic rings. The van der Waals surface area contributed by atoms with E-state index in [0.717, 1.165) is 0 Å². The number of nitrogens with one attached hydrogen (secondary N) is 1. The van der Waals surface area contributed by atoms with Gasteiger partial charge in [-0.15, -0.1) is 0 Å². The lowest BCUT2D eigenvalue weighted by molar-refractivity contribution is -0.711. The first-order chi connectivity index (χ1) is 12.2. The van der Waals surface area contributed by atoms with Gasteiger partial charge >= 0.3 is 0 Å². The van der Waals surface area contributed by atoms with E-state index in [1.54, 1.807) is 53.4 Å². The van der Waals surface area contributed by atoms with Gasteiger partial charge in [0, 0.05) is 12.1 Å². The van der Waals surface area contributed by atoms with Crippen LogP contribution in [0.15, 0.2) is 60.4 Å². The lowest BCUT2D eigenvalue weighted by Gasteiger charge is -2.28. The van der Waals surface area contributed by atoms with Gasteiger partial charge in [-0.1, -0.05) is 18.2 Å². The van der Waals surface area contributed by atoms with E-state index in [2.05, 4.69) is 5.32 Å². The molecule has 1 aliphatic heterocycles. The summed E-state index contributed by atoms with van der Waals surface area (Å²) < 4.78 is 7.14. The first kappa shape index (κ1) is 16.6. The van der Waals surface area contributed by atoms with E-state index in [0.29, 0.717) is 17.9 Å². The highest BCUT2D eigenvalue weighted by Gasteiger charge is 2.46. The van der Waals surface area contributed by atoms with E-state index in [-0.39, 0.29) is 5.57 Å². The van der Waals surface area contributed by atoms with Crippen molar-refractivity contribution < 1.29 is 18.9 Å². The number of rotatable bonds is 4. The largest absolute Gasteiger partial charge is 0.763 e. The second-order valence-electron chi connectivity index (χ2n) is 5.59. The number of amides is 2. The normalized spacial score (nSPS) is 20.0. The Hall–Kier alpha value is -3.24. The highest BCUT2D eigenvalue weighted by molar-refractivity contribution is 6.14. The van der Waals surface area contributed by atoms with E-state index in [9.17, 15) is 15.0 Å². The van der Waals surface area contributed by atoms with E-state index in [4.69, 9.17) is 4.74 Å². The SMILES string of the molecule is CCOc1ccc([C@H]2C(=C=[N-])C(=O)NC(=O)[C@@H]2[n+]2ccccc2)cc1. The van der Waals surface area contributed by atoms with Crippen LogP contribution in [0.25, 0.3) is 5.41 Å². The van der Waals surface area contributed by atoms with Crippen molar-refractivity contribution in [2.24, 2.45) is 0 Å². The van der Waals surface area contributed by atoms with Gasteiger partial charge in [0.1, 0.15) is 5.75 Å². The molecule has 0 bridgehead atoms. The minimum absolute atomic E-state index is 0.0186. The molecule has 0 saturated carbocycles. The molecule has 6 heteroatoms. The summed E-state index contributed by atoms with van der Waals surface area (Å²) in [5.41, 5.74) is 0.731. The minimum atomic E-state index is -0.716.